The monoisotopic (exact) mass is 400 g/mol. The molecule has 6 heteroatoms. The Morgan fingerprint density at radius 2 is 1.86 bits per heavy atom. The Balaban J connectivity index is 1.45. The van der Waals surface area contributed by atoms with Gasteiger partial charge >= 0.3 is 0 Å². The van der Waals surface area contributed by atoms with Gasteiger partial charge in [-0.15, -0.1) is 0 Å². The van der Waals surface area contributed by atoms with Crippen molar-refractivity contribution in [1.29, 1.82) is 0 Å². The Kier molecular flexibility index (Phi) is 7.92. The lowest BCUT2D eigenvalue weighted by Gasteiger charge is -2.30. The highest BCUT2D eigenvalue weighted by Crippen LogP contribution is 2.40. The first-order chi connectivity index (χ1) is 14.1. The van der Waals surface area contributed by atoms with Crippen LogP contribution >= 0.6 is 0 Å². The van der Waals surface area contributed by atoms with Crippen molar-refractivity contribution in [2.75, 3.05) is 33.9 Å². The van der Waals surface area contributed by atoms with Crippen LogP contribution in [0.5, 0.6) is 0 Å². The lowest BCUT2D eigenvalue weighted by atomic mass is 9.83. The first kappa shape index (κ1) is 21.6. The lowest BCUT2D eigenvalue weighted by Crippen LogP contribution is -2.43. The molecule has 1 aliphatic carbocycles. The van der Waals surface area contributed by atoms with Gasteiger partial charge in [0.25, 0.3) is 0 Å². The van der Waals surface area contributed by atoms with Crippen LogP contribution in [0.4, 0.5) is 0 Å². The number of nitrogens with zero attached hydrogens (tertiary/aromatic N) is 2. The standard InChI is InChI=1S/C23H36N4O2/c1-24-22(26-18-23(13-15-29-2)11-3-4-12-23)25-16-19-7-9-20(10-8-19)17-27-14-5-6-21(27)28/h7-10H,3-6,11-18H2,1-2H3,(H2,24,25,26). The number of carbonyl (C=O) groups excluding carboxylic acids is 1. The summed E-state index contributed by atoms with van der Waals surface area (Å²) in [6, 6.07) is 8.51. The maximum Gasteiger partial charge on any atom is 0.222 e. The molecule has 0 aromatic heterocycles. The van der Waals surface area contributed by atoms with Crippen molar-refractivity contribution in [2.45, 2.75) is 58.0 Å². The highest BCUT2D eigenvalue weighted by atomic mass is 16.5. The van der Waals surface area contributed by atoms with Crippen molar-refractivity contribution in [1.82, 2.24) is 15.5 Å². The van der Waals surface area contributed by atoms with E-state index in [0.717, 1.165) is 51.6 Å². The predicted octanol–water partition coefficient (Wildman–Crippen LogP) is 3.07. The van der Waals surface area contributed by atoms with Crippen molar-refractivity contribution in [2.24, 2.45) is 10.4 Å². The molecule has 160 valence electrons. The summed E-state index contributed by atoms with van der Waals surface area (Å²) in [6.45, 7) is 4.10. The van der Waals surface area contributed by atoms with Gasteiger partial charge in [-0.1, -0.05) is 37.1 Å². The molecule has 0 atom stereocenters. The number of guanidine groups is 1. The zero-order valence-electron chi connectivity index (χ0n) is 18.0. The summed E-state index contributed by atoms with van der Waals surface area (Å²) in [7, 11) is 3.60. The second-order valence-corrected chi connectivity index (χ2v) is 8.46. The number of amides is 1. The number of aliphatic imine (C=N–C) groups is 1. The summed E-state index contributed by atoms with van der Waals surface area (Å²) >= 11 is 0. The molecule has 6 nitrogen and oxygen atoms in total. The zero-order valence-corrected chi connectivity index (χ0v) is 18.0. The fraction of sp³-hybridized carbons (Fsp3) is 0.652. The Morgan fingerprint density at radius 3 is 2.48 bits per heavy atom. The maximum absolute atomic E-state index is 11.8. The van der Waals surface area contributed by atoms with Gasteiger partial charge < -0.3 is 20.3 Å². The number of hydrogen-bond donors (Lipinski definition) is 2. The van der Waals surface area contributed by atoms with Crippen molar-refractivity contribution >= 4 is 11.9 Å². The summed E-state index contributed by atoms with van der Waals surface area (Å²) < 4.78 is 5.33. The summed E-state index contributed by atoms with van der Waals surface area (Å²) in [5.41, 5.74) is 2.73. The molecule has 1 saturated carbocycles. The van der Waals surface area contributed by atoms with Crippen LogP contribution in [0.25, 0.3) is 0 Å². The third-order valence-electron chi connectivity index (χ3n) is 6.38. The molecular weight excluding hydrogens is 364 g/mol. The summed E-state index contributed by atoms with van der Waals surface area (Å²) in [4.78, 5) is 18.1. The summed E-state index contributed by atoms with van der Waals surface area (Å²) in [6.07, 6.45) is 7.94. The number of rotatable bonds is 9. The SMILES string of the molecule is CN=C(NCc1ccc(CN2CCCC2=O)cc1)NCC1(CCOC)CCCC1. The van der Waals surface area contributed by atoms with Crippen molar-refractivity contribution in [3.63, 3.8) is 0 Å². The van der Waals surface area contributed by atoms with E-state index in [1.165, 1.54) is 36.8 Å². The van der Waals surface area contributed by atoms with Crippen LogP contribution in [-0.4, -0.2) is 50.6 Å². The molecule has 2 aliphatic rings. The highest BCUT2D eigenvalue weighted by molar-refractivity contribution is 5.79. The first-order valence-electron chi connectivity index (χ1n) is 10.9. The van der Waals surface area contributed by atoms with Crippen LogP contribution in [-0.2, 0) is 22.6 Å². The molecular formula is C23H36N4O2. The minimum Gasteiger partial charge on any atom is -0.385 e. The van der Waals surface area contributed by atoms with Gasteiger partial charge in [0.1, 0.15) is 0 Å². The van der Waals surface area contributed by atoms with E-state index < -0.39 is 0 Å². The third kappa shape index (κ3) is 6.20. The average molecular weight is 401 g/mol. The quantitative estimate of drug-likeness (QED) is 0.494. The number of ether oxygens (including phenoxy) is 1. The fourth-order valence-corrected chi connectivity index (χ4v) is 4.49. The van der Waals surface area contributed by atoms with Gasteiger partial charge in [0.15, 0.2) is 5.96 Å². The zero-order chi connectivity index (χ0) is 20.5. The number of benzene rings is 1. The molecule has 1 amide bonds. The van der Waals surface area contributed by atoms with Gasteiger partial charge in [0.2, 0.25) is 5.91 Å². The lowest BCUT2D eigenvalue weighted by molar-refractivity contribution is -0.128. The number of likely N-dealkylation sites (tertiary alicyclic amines) is 1. The molecule has 1 heterocycles. The first-order valence-corrected chi connectivity index (χ1v) is 10.9. The van der Waals surface area contributed by atoms with Gasteiger partial charge in [-0.25, -0.2) is 0 Å². The van der Waals surface area contributed by atoms with E-state index in [2.05, 4.69) is 39.9 Å². The summed E-state index contributed by atoms with van der Waals surface area (Å²) in [5.74, 6) is 1.12. The normalized spacial score (nSPS) is 19.0. The molecule has 29 heavy (non-hydrogen) atoms. The van der Waals surface area contributed by atoms with Crippen LogP contribution < -0.4 is 10.6 Å². The van der Waals surface area contributed by atoms with Crippen LogP contribution in [0.2, 0.25) is 0 Å². The van der Waals surface area contributed by atoms with Crippen LogP contribution in [0.1, 0.15) is 56.1 Å². The number of hydrogen-bond acceptors (Lipinski definition) is 3. The molecule has 0 bridgehead atoms. The van der Waals surface area contributed by atoms with E-state index in [0.29, 0.717) is 11.8 Å². The molecule has 0 radical (unpaired) electrons. The van der Waals surface area contributed by atoms with Crippen LogP contribution in [0, 0.1) is 5.41 Å². The van der Waals surface area contributed by atoms with Gasteiger partial charge in [-0.3, -0.25) is 9.79 Å². The van der Waals surface area contributed by atoms with E-state index in [-0.39, 0.29) is 5.91 Å². The van der Waals surface area contributed by atoms with Gasteiger partial charge in [0, 0.05) is 53.4 Å². The molecule has 1 aromatic carbocycles. The second kappa shape index (κ2) is 10.6. The Labute approximate surface area is 175 Å². The predicted molar refractivity (Wildman–Crippen MR) is 117 cm³/mol. The molecule has 0 unspecified atom stereocenters. The molecule has 1 saturated heterocycles. The minimum atomic E-state index is 0.274. The van der Waals surface area contributed by atoms with Crippen molar-refractivity contribution < 1.29 is 9.53 Å². The van der Waals surface area contributed by atoms with Gasteiger partial charge in [-0.05, 0) is 42.2 Å². The number of nitrogens with one attached hydrogen (secondary N) is 2. The molecule has 2 fully saturated rings. The molecule has 2 N–H and O–H groups in total. The second-order valence-electron chi connectivity index (χ2n) is 8.46. The Hall–Kier alpha value is -2.08. The summed E-state index contributed by atoms with van der Waals surface area (Å²) in [5, 5.41) is 6.96. The third-order valence-corrected chi connectivity index (χ3v) is 6.38. The topological polar surface area (TPSA) is 66.0 Å². The van der Waals surface area contributed by atoms with E-state index in [9.17, 15) is 4.79 Å². The highest BCUT2D eigenvalue weighted by Gasteiger charge is 2.33. The largest absolute Gasteiger partial charge is 0.385 e. The molecule has 0 spiro atoms. The number of methoxy groups -OCH3 is 1. The van der Waals surface area contributed by atoms with E-state index in [1.807, 2.05) is 11.9 Å². The maximum atomic E-state index is 11.8. The molecule has 1 aromatic rings. The van der Waals surface area contributed by atoms with Gasteiger partial charge in [0.05, 0.1) is 0 Å². The number of carbonyl (C=O) groups is 1. The van der Waals surface area contributed by atoms with Crippen LogP contribution in [0.15, 0.2) is 29.3 Å². The van der Waals surface area contributed by atoms with E-state index in [1.54, 1.807) is 7.11 Å². The van der Waals surface area contributed by atoms with Crippen molar-refractivity contribution in [3.05, 3.63) is 35.4 Å². The van der Waals surface area contributed by atoms with Crippen LogP contribution in [0.3, 0.4) is 0 Å². The average Bonchev–Trinajstić information content (AvgIpc) is 3.37. The molecule has 1 aliphatic heterocycles. The minimum absolute atomic E-state index is 0.274. The Bertz CT molecular complexity index is 681. The van der Waals surface area contributed by atoms with Gasteiger partial charge in [-0.2, -0.15) is 0 Å². The molecule has 3 rings (SSSR count). The fourth-order valence-electron chi connectivity index (χ4n) is 4.49. The van der Waals surface area contributed by atoms with Crippen molar-refractivity contribution in [3.8, 4) is 0 Å². The smallest absolute Gasteiger partial charge is 0.222 e. The van der Waals surface area contributed by atoms with E-state index in [4.69, 9.17) is 4.74 Å². The van der Waals surface area contributed by atoms with E-state index >= 15 is 0 Å². The Morgan fingerprint density at radius 1 is 1.14 bits per heavy atom.